The van der Waals surface area contributed by atoms with E-state index in [4.69, 9.17) is 0 Å². The zero-order chi connectivity index (χ0) is 10.7. The summed E-state index contributed by atoms with van der Waals surface area (Å²) >= 11 is 0. The van der Waals surface area contributed by atoms with E-state index < -0.39 is 5.60 Å². The summed E-state index contributed by atoms with van der Waals surface area (Å²) in [5.74, 6) is 0.109. The second-order valence-corrected chi connectivity index (χ2v) is 5.61. The average molecular weight is 207 g/mol. The summed E-state index contributed by atoms with van der Waals surface area (Å²) < 4.78 is 0. The van der Waals surface area contributed by atoms with E-state index in [1.807, 2.05) is 0 Å². The monoisotopic (exact) mass is 207 g/mol. The molecule has 4 heteroatoms. The van der Waals surface area contributed by atoms with Gasteiger partial charge in [-0.15, -0.1) is 0 Å². The summed E-state index contributed by atoms with van der Waals surface area (Å²) in [7, 11) is 0. The Morgan fingerprint density at radius 1 is 1.27 bits per heavy atom. The van der Waals surface area contributed by atoms with Crippen molar-refractivity contribution in [3.8, 4) is 6.07 Å². The van der Waals surface area contributed by atoms with E-state index in [0.717, 1.165) is 39.3 Å². The lowest BCUT2D eigenvalue weighted by Crippen LogP contribution is -2.69. The molecule has 4 nitrogen and oxygen atoms in total. The van der Waals surface area contributed by atoms with Crippen molar-refractivity contribution in [3.05, 3.63) is 0 Å². The van der Waals surface area contributed by atoms with Crippen LogP contribution in [0.3, 0.4) is 0 Å². The first-order valence-corrected chi connectivity index (χ1v) is 5.66. The highest BCUT2D eigenvalue weighted by atomic mass is 16.3. The molecule has 0 spiro atoms. The van der Waals surface area contributed by atoms with Gasteiger partial charge in [0.25, 0.3) is 0 Å². The molecular weight excluding hydrogens is 190 g/mol. The molecular formula is C11H17N3O. The van der Waals surface area contributed by atoms with Crippen LogP contribution in [-0.2, 0) is 0 Å². The van der Waals surface area contributed by atoms with Crippen LogP contribution in [0.25, 0.3) is 0 Å². The van der Waals surface area contributed by atoms with Gasteiger partial charge in [-0.25, -0.2) is 0 Å². The third kappa shape index (κ3) is 1.06. The Labute approximate surface area is 90.1 Å². The van der Waals surface area contributed by atoms with E-state index in [1.165, 1.54) is 0 Å². The van der Waals surface area contributed by atoms with E-state index in [9.17, 15) is 10.4 Å². The second kappa shape index (κ2) is 2.73. The maximum Gasteiger partial charge on any atom is 0.164 e. The van der Waals surface area contributed by atoms with Crippen LogP contribution in [-0.4, -0.2) is 59.8 Å². The van der Waals surface area contributed by atoms with Crippen LogP contribution in [0.4, 0.5) is 0 Å². The maximum atomic E-state index is 10.6. The van der Waals surface area contributed by atoms with Gasteiger partial charge in [-0.3, -0.25) is 0 Å². The molecule has 0 aromatic rings. The molecule has 0 aromatic carbocycles. The number of fused-ring (bicyclic) bond motifs is 1. The van der Waals surface area contributed by atoms with Crippen LogP contribution in [0, 0.1) is 22.7 Å². The summed E-state index contributed by atoms with van der Waals surface area (Å²) in [4.78, 5) is 4.81. The number of aliphatic hydroxyl groups is 1. The number of nitrogens with zero attached hydrogens (tertiary/aromatic N) is 3. The normalized spacial score (nSPS) is 57.5. The summed E-state index contributed by atoms with van der Waals surface area (Å²) in [6, 6.07) is 2.19. The first-order chi connectivity index (χ1) is 7.07. The highest BCUT2D eigenvalue weighted by Crippen LogP contribution is 2.47. The lowest BCUT2D eigenvalue weighted by Gasteiger charge is -2.55. The van der Waals surface area contributed by atoms with Crippen LogP contribution in [0.5, 0.6) is 0 Å². The Kier molecular flexibility index (Phi) is 1.75. The molecule has 0 radical (unpaired) electrons. The Morgan fingerprint density at radius 2 is 1.80 bits per heavy atom. The van der Waals surface area contributed by atoms with Crippen LogP contribution in [0.15, 0.2) is 0 Å². The third-order valence-corrected chi connectivity index (χ3v) is 4.52. The fourth-order valence-corrected chi connectivity index (χ4v) is 3.70. The van der Waals surface area contributed by atoms with E-state index in [2.05, 4.69) is 22.8 Å². The molecule has 0 aliphatic carbocycles. The maximum absolute atomic E-state index is 10.6. The van der Waals surface area contributed by atoms with Crippen molar-refractivity contribution >= 4 is 0 Å². The molecule has 0 aromatic heterocycles. The molecule has 4 rings (SSSR count). The van der Waals surface area contributed by atoms with Crippen molar-refractivity contribution in [1.29, 1.82) is 5.26 Å². The van der Waals surface area contributed by atoms with Crippen molar-refractivity contribution in [1.82, 2.24) is 9.80 Å². The topological polar surface area (TPSA) is 50.5 Å². The van der Waals surface area contributed by atoms with E-state index in [-0.39, 0.29) is 11.3 Å². The first kappa shape index (κ1) is 9.59. The molecule has 0 amide bonds. The van der Waals surface area contributed by atoms with E-state index >= 15 is 0 Å². The van der Waals surface area contributed by atoms with Gasteiger partial charge in [0, 0.05) is 50.6 Å². The highest BCUT2D eigenvalue weighted by Gasteiger charge is 2.61. The minimum Gasteiger partial charge on any atom is -0.374 e. The smallest absolute Gasteiger partial charge is 0.164 e. The largest absolute Gasteiger partial charge is 0.374 e. The van der Waals surface area contributed by atoms with Crippen molar-refractivity contribution in [2.24, 2.45) is 11.3 Å². The number of rotatable bonds is 0. The zero-order valence-corrected chi connectivity index (χ0v) is 9.11. The Balaban J connectivity index is 2.07. The van der Waals surface area contributed by atoms with Gasteiger partial charge in [-0.1, -0.05) is 6.92 Å². The predicted molar refractivity (Wildman–Crippen MR) is 55.0 cm³/mol. The Bertz CT molecular complexity index is 321. The Hall–Kier alpha value is -0.630. The molecule has 4 fully saturated rings. The molecule has 1 N–H and O–H groups in total. The lowest BCUT2D eigenvalue weighted by molar-refractivity contribution is -0.155. The molecule has 4 bridgehead atoms. The molecule has 4 saturated heterocycles. The summed E-state index contributed by atoms with van der Waals surface area (Å²) in [6.45, 7) is 7.74. The standard InChI is InChI=1S/C11H17N3O/c1-10-7-13-2-3-14(8-10)5-9(4-13)11(10,15)6-12/h9,15H,2-5,7-8H2,1H3. The molecule has 4 aliphatic rings. The third-order valence-electron chi connectivity index (χ3n) is 4.52. The summed E-state index contributed by atoms with van der Waals surface area (Å²) in [6.07, 6.45) is 0. The van der Waals surface area contributed by atoms with Gasteiger partial charge < -0.3 is 14.9 Å². The van der Waals surface area contributed by atoms with Crippen LogP contribution < -0.4 is 0 Å². The minimum atomic E-state index is -1.11. The molecule has 4 heterocycles. The molecule has 0 saturated carbocycles. The van der Waals surface area contributed by atoms with Crippen LogP contribution in [0.1, 0.15) is 6.92 Å². The average Bonchev–Trinajstić information content (AvgIpc) is 2.43. The van der Waals surface area contributed by atoms with Crippen molar-refractivity contribution in [2.45, 2.75) is 12.5 Å². The van der Waals surface area contributed by atoms with Gasteiger partial charge in [0.15, 0.2) is 5.60 Å². The van der Waals surface area contributed by atoms with Gasteiger partial charge >= 0.3 is 0 Å². The molecule has 3 atom stereocenters. The van der Waals surface area contributed by atoms with Crippen LogP contribution in [0.2, 0.25) is 0 Å². The predicted octanol–water partition coefficient (Wildman–Crippen LogP) is -0.492. The quantitative estimate of drug-likeness (QED) is 0.545. The van der Waals surface area contributed by atoms with Gasteiger partial charge in [0.05, 0.1) is 6.07 Å². The first-order valence-electron chi connectivity index (χ1n) is 5.66. The highest BCUT2D eigenvalue weighted by molar-refractivity contribution is 5.21. The number of hydrogen-bond acceptors (Lipinski definition) is 4. The van der Waals surface area contributed by atoms with E-state index in [1.54, 1.807) is 0 Å². The molecule has 15 heavy (non-hydrogen) atoms. The second-order valence-electron chi connectivity index (χ2n) is 5.61. The summed E-state index contributed by atoms with van der Waals surface area (Å²) in [5.41, 5.74) is -1.37. The summed E-state index contributed by atoms with van der Waals surface area (Å²) in [5, 5.41) is 19.8. The van der Waals surface area contributed by atoms with Crippen molar-refractivity contribution < 1.29 is 5.11 Å². The molecule has 3 unspecified atom stereocenters. The van der Waals surface area contributed by atoms with Crippen molar-refractivity contribution in [3.63, 3.8) is 0 Å². The fraction of sp³-hybridized carbons (Fsp3) is 0.909. The number of nitriles is 1. The van der Waals surface area contributed by atoms with Gasteiger partial charge in [0.2, 0.25) is 0 Å². The van der Waals surface area contributed by atoms with Gasteiger partial charge in [-0.05, 0) is 0 Å². The molecule has 82 valence electrons. The zero-order valence-electron chi connectivity index (χ0n) is 9.11. The molecule has 4 aliphatic heterocycles. The van der Waals surface area contributed by atoms with Crippen molar-refractivity contribution in [2.75, 3.05) is 39.3 Å². The van der Waals surface area contributed by atoms with E-state index in [0.29, 0.717) is 0 Å². The number of piperidine rings is 2. The van der Waals surface area contributed by atoms with Gasteiger partial charge in [-0.2, -0.15) is 5.26 Å². The van der Waals surface area contributed by atoms with Gasteiger partial charge in [0.1, 0.15) is 0 Å². The lowest BCUT2D eigenvalue weighted by atomic mass is 9.62. The Morgan fingerprint density at radius 3 is 2.20 bits per heavy atom. The minimum absolute atomic E-state index is 0.109. The number of hydrogen-bond donors (Lipinski definition) is 1. The van der Waals surface area contributed by atoms with Crippen LogP contribution >= 0.6 is 0 Å². The SMILES string of the molecule is CC12CN3CCN(CC(C3)C1(O)C#N)C2. The fourth-order valence-electron chi connectivity index (χ4n) is 3.70.